The summed E-state index contributed by atoms with van der Waals surface area (Å²) in [5, 5.41) is 12.0. The summed E-state index contributed by atoms with van der Waals surface area (Å²) in [6.07, 6.45) is 1.89. The molecule has 23 heavy (non-hydrogen) atoms. The summed E-state index contributed by atoms with van der Waals surface area (Å²) in [7, 11) is 0. The van der Waals surface area contributed by atoms with Crippen LogP contribution in [0.5, 0.6) is 0 Å². The van der Waals surface area contributed by atoms with Crippen LogP contribution in [0.25, 0.3) is 5.65 Å². The molecule has 0 unspecified atom stereocenters. The zero-order valence-corrected chi connectivity index (χ0v) is 13.7. The van der Waals surface area contributed by atoms with E-state index in [1.807, 2.05) is 42.6 Å². The molecule has 0 saturated heterocycles. The van der Waals surface area contributed by atoms with Gasteiger partial charge in [-0.25, -0.2) is 0 Å². The normalized spacial score (nSPS) is 12.5. The second kappa shape index (κ2) is 6.38. The molecule has 0 aliphatic rings. The van der Waals surface area contributed by atoms with E-state index in [1.54, 1.807) is 24.3 Å². The average molecular weight is 329 g/mol. The molecular formula is C17H17ClN4O. The Morgan fingerprint density at radius 1 is 1.17 bits per heavy atom. The number of benzene rings is 1. The third kappa shape index (κ3) is 3.19. The lowest BCUT2D eigenvalue weighted by Gasteiger charge is -2.21. The number of carbonyl (C=O) groups is 1. The Hall–Kier alpha value is -2.40. The Morgan fingerprint density at radius 3 is 2.74 bits per heavy atom. The van der Waals surface area contributed by atoms with Gasteiger partial charge in [0.15, 0.2) is 11.5 Å². The van der Waals surface area contributed by atoms with Crippen molar-refractivity contribution in [2.45, 2.75) is 19.9 Å². The molecule has 1 N–H and O–H groups in total. The number of pyridine rings is 1. The Kier molecular flexibility index (Phi) is 4.30. The molecule has 6 heteroatoms. The predicted octanol–water partition coefficient (Wildman–Crippen LogP) is 3.51. The number of aromatic nitrogens is 3. The van der Waals surface area contributed by atoms with Crippen molar-refractivity contribution in [3.05, 3.63) is 65.1 Å². The molecule has 2 heterocycles. The van der Waals surface area contributed by atoms with Gasteiger partial charge in [-0.15, -0.1) is 10.2 Å². The number of nitrogens with zero attached hydrogens (tertiary/aromatic N) is 3. The molecule has 118 valence electrons. The third-order valence-corrected chi connectivity index (χ3v) is 3.89. The number of amides is 1. The van der Waals surface area contributed by atoms with E-state index in [4.69, 9.17) is 11.6 Å². The Balaban J connectivity index is 1.92. The molecule has 1 atom stereocenters. The summed E-state index contributed by atoms with van der Waals surface area (Å²) < 4.78 is 1.89. The maximum absolute atomic E-state index is 12.5. The Morgan fingerprint density at radius 2 is 2.00 bits per heavy atom. The minimum absolute atomic E-state index is 0.158. The summed E-state index contributed by atoms with van der Waals surface area (Å²) in [4.78, 5) is 12.5. The monoisotopic (exact) mass is 328 g/mol. The molecule has 1 amide bonds. The van der Waals surface area contributed by atoms with Crippen molar-refractivity contribution in [1.29, 1.82) is 0 Å². The molecule has 0 aliphatic carbocycles. The minimum atomic E-state index is -0.251. The standard InChI is InChI=1S/C17H17ClN4O/c1-11(2)15(16-21-20-14-8-3-4-9-22(14)16)19-17(23)12-6-5-7-13(18)10-12/h3-11,15H,1-2H3,(H,19,23)/t15-/m1/s1. The van der Waals surface area contributed by atoms with Crippen LogP contribution in [0.3, 0.4) is 0 Å². The van der Waals surface area contributed by atoms with Crippen LogP contribution in [0.1, 0.15) is 36.1 Å². The van der Waals surface area contributed by atoms with Crippen molar-refractivity contribution in [2.75, 3.05) is 0 Å². The first-order valence-corrected chi connectivity index (χ1v) is 7.80. The molecule has 0 radical (unpaired) electrons. The highest BCUT2D eigenvalue weighted by Crippen LogP contribution is 2.22. The molecule has 0 aliphatic heterocycles. The van der Waals surface area contributed by atoms with Crippen LogP contribution in [0.4, 0.5) is 0 Å². The van der Waals surface area contributed by atoms with Gasteiger partial charge in [-0.2, -0.15) is 0 Å². The number of carbonyl (C=O) groups excluding carboxylic acids is 1. The summed E-state index contributed by atoms with van der Waals surface area (Å²) in [6.45, 7) is 4.07. The Bertz CT molecular complexity index is 843. The van der Waals surface area contributed by atoms with Crippen molar-refractivity contribution in [1.82, 2.24) is 19.9 Å². The number of rotatable bonds is 4. The zero-order valence-electron chi connectivity index (χ0n) is 12.9. The molecular weight excluding hydrogens is 312 g/mol. The van der Waals surface area contributed by atoms with E-state index in [0.717, 1.165) is 5.65 Å². The van der Waals surface area contributed by atoms with Crippen LogP contribution in [0.2, 0.25) is 5.02 Å². The number of halogens is 1. The molecule has 0 spiro atoms. The summed E-state index contributed by atoms with van der Waals surface area (Å²) >= 11 is 5.96. The third-order valence-electron chi connectivity index (χ3n) is 3.66. The van der Waals surface area contributed by atoms with Gasteiger partial charge in [0, 0.05) is 16.8 Å². The summed E-state index contributed by atoms with van der Waals surface area (Å²) in [6, 6.07) is 12.3. The first-order valence-electron chi connectivity index (χ1n) is 7.42. The van der Waals surface area contributed by atoms with Crippen molar-refractivity contribution >= 4 is 23.2 Å². The van der Waals surface area contributed by atoms with E-state index in [-0.39, 0.29) is 17.9 Å². The van der Waals surface area contributed by atoms with Gasteiger partial charge in [0.1, 0.15) is 0 Å². The van der Waals surface area contributed by atoms with Gasteiger partial charge in [-0.1, -0.05) is 37.6 Å². The van der Waals surface area contributed by atoms with Gasteiger partial charge in [0.2, 0.25) is 0 Å². The topological polar surface area (TPSA) is 59.3 Å². The van der Waals surface area contributed by atoms with E-state index < -0.39 is 0 Å². The van der Waals surface area contributed by atoms with E-state index in [2.05, 4.69) is 15.5 Å². The number of hydrogen-bond donors (Lipinski definition) is 1. The molecule has 5 nitrogen and oxygen atoms in total. The van der Waals surface area contributed by atoms with Crippen molar-refractivity contribution in [3.63, 3.8) is 0 Å². The zero-order chi connectivity index (χ0) is 16.4. The maximum atomic E-state index is 12.5. The van der Waals surface area contributed by atoms with Gasteiger partial charge in [-0.3, -0.25) is 9.20 Å². The minimum Gasteiger partial charge on any atom is -0.342 e. The second-order valence-electron chi connectivity index (χ2n) is 5.69. The molecule has 2 aromatic heterocycles. The highest BCUT2D eigenvalue weighted by Gasteiger charge is 2.24. The fourth-order valence-electron chi connectivity index (χ4n) is 2.46. The largest absolute Gasteiger partial charge is 0.342 e. The predicted molar refractivity (Wildman–Crippen MR) is 89.5 cm³/mol. The van der Waals surface area contributed by atoms with E-state index >= 15 is 0 Å². The smallest absolute Gasteiger partial charge is 0.251 e. The van der Waals surface area contributed by atoms with Crippen LogP contribution in [-0.2, 0) is 0 Å². The second-order valence-corrected chi connectivity index (χ2v) is 6.13. The van der Waals surface area contributed by atoms with Crippen LogP contribution >= 0.6 is 11.6 Å². The molecule has 0 fully saturated rings. The van der Waals surface area contributed by atoms with Gasteiger partial charge >= 0.3 is 0 Å². The number of fused-ring (bicyclic) bond motifs is 1. The maximum Gasteiger partial charge on any atom is 0.251 e. The van der Waals surface area contributed by atoms with Crippen molar-refractivity contribution < 1.29 is 4.79 Å². The van der Waals surface area contributed by atoms with E-state index in [1.165, 1.54) is 0 Å². The average Bonchev–Trinajstić information content (AvgIpc) is 2.96. The van der Waals surface area contributed by atoms with Gasteiger partial charge < -0.3 is 5.32 Å². The fourth-order valence-corrected chi connectivity index (χ4v) is 2.65. The lowest BCUT2D eigenvalue weighted by Crippen LogP contribution is -2.33. The lowest BCUT2D eigenvalue weighted by molar-refractivity contribution is 0.0923. The molecule has 0 saturated carbocycles. The summed E-state index contributed by atoms with van der Waals surface area (Å²) in [5.41, 5.74) is 1.28. The first kappa shape index (κ1) is 15.5. The van der Waals surface area contributed by atoms with Crippen molar-refractivity contribution in [3.8, 4) is 0 Å². The quantitative estimate of drug-likeness (QED) is 0.797. The fraction of sp³-hybridized carbons (Fsp3) is 0.235. The van der Waals surface area contributed by atoms with Gasteiger partial charge in [0.05, 0.1) is 6.04 Å². The highest BCUT2D eigenvalue weighted by molar-refractivity contribution is 6.30. The molecule has 1 aromatic carbocycles. The Labute approximate surface area is 139 Å². The number of hydrogen-bond acceptors (Lipinski definition) is 3. The van der Waals surface area contributed by atoms with Crippen molar-refractivity contribution in [2.24, 2.45) is 5.92 Å². The van der Waals surface area contributed by atoms with E-state index in [9.17, 15) is 4.79 Å². The first-order chi connectivity index (χ1) is 11.1. The van der Waals surface area contributed by atoms with Crippen LogP contribution in [0, 0.1) is 5.92 Å². The van der Waals surface area contributed by atoms with E-state index in [0.29, 0.717) is 16.4 Å². The van der Waals surface area contributed by atoms with Gasteiger partial charge in [-0.05, 0) is 36.2 Å². The number of nitrogens with one attached hydrogen (secondary N) is 1. The van der Waals surface area contributed by atoms with Crippen LogP contribution < -0.4 is 5.32 Å². The van der Waals surface area contributed by atoms with Crippen LogP contribution in [-0.4, -0.2) is 20.5 Å². The SMILES string of the molecule is CC(C)[C@@H](NC(=O)c1cccc(Cl)c1)c1nnc2ccccn12. The summed E-state index contributed by atoms with van der Waals surface area (Å²) in [5.74, 6) is 0.690. The van der Waals surface area contributed by atoms with Crippen LogP contribution in [0.15, 0.2) is 48.7 Å². The highest BCUT2D eigenvalue weighted by atomic mass is 35.5. The molecule has 0 bridgehead atoms. The molecule has 3 rings (SSSR count). The van der Waals surface area contributed by atoms with Gasteiger partial charge in [0.25, 0.3) is 5.91 Å². The molecule has 3 aromatic rings. The lowest BCUT2D eigenvalue weighted by atomic mass is 10.0.